The number of fused-ring (bicyclic) bond motifs is 1. The van der Waals surface area contributed by atoms with Crippen LogP contribution in [-0.2, 0) is 30.6 Å². The highest BCUT2D eigenvalue weighted by atomic mass is 35.5. The van der Waals surface area contributed by atoms with E-state index in [-0.39, 0.29) is 24.5 Å². The zero-order valence-corrected chi connectivity index (χ0v) is 25.7. The van der Waals surface area contributed by atoms with Gasteiger partial charge in [-0.3, -0.25) is 9.36 Å². The molecule has 4 rings (SSSR count). The molecule has 0 spiro atoms. The van der Waals surface area contributed by atoms with Gasteiger partial charge in [0.2, 0.25) is 11.8 Å². The van der Waals surface area contributed by atoms with Gasteiger partial charge in [-0.15, -0.1) is 11.6 Å². The number of carbonyl (C=O) groups excluding carboxylic acids is 1. The number of rotatable bonds is 12. The molecule has 13 nitrogen and oxygen atoms in total. The number of nitrogens with one attached hydrogen (secondary N) is 1. The molecule has 1 fully saturated rings. The highest BCUT2D eigenvalue weighted by Gasteiger charge is 2.54. The smallest absolute Gasteiger partial charge is 0.323 e. The first-order valence-corrected chi connectivity index (χ1v) is 16.0. The third kappa shape index (κ3) is 7.08. The first kappa shape index (κ1) is 31.4. The number of carbonyl (C=O) groups is 1. The molecule has 0 amide bonds. The molecule has 16 heteroatoms. The Morgan fingerprint density at radius 1 is 1.32 bits per heavy atom. The van der Waals surface area contributed by atoms with E-state index in [1.54, 1.807) is 56.5 Å². The average molecular weight is 629 g/mol. The van der Waals surface area contributed by atoms with Gasteiger partial charge >= 0.3 is 12.6 Å². The number of imidazole rings is 1. The standard InChI is InChI=1S/C25H34ClN6O7PS/c1-6-35-21-18-20(29-24(27)30-21)32(13-28-18)23-25(5,26)19(33)17(38-23)12-36-40(41,39-16-10-8-7-9-11-16)31-15(4)22(34)37-14(2)3/h7-11,13-15,17,19,23,33H,6,12H2,1-5H3,(H,31,41)(H2,27,29,30). The van der Waals surface area contributed by atoms with Crippen LogP contribution < -0.4 is 20.1 Å². The number of nitrogens with zero attached hydrogens (tertiary/aromatic N) is 4. The van der Waals surface area contributed by atoms with E-state index < -0.39 is 42.0 Å². The summed E-state index contributed by atoms with van der Waals surface area (Å²) >= 11 is 12.6. The number of alkyl halides is 1. The van der Waals surface area contributed by atoms with Crippen molar-refractivity contribution in [3.63, 3.8) is 0 Å². The van der Waals surface area contributed by atoms with Crippen LogP contribution in [0.1, 0.15) is 40.8 Å². The second-order valence-electron chi connectivity index (χ2n) is 9.80. The Bertz CT molecular complexity index is 1410. The van der Waals surface area contributed by atoms with E-state index in [0.717, 1.165) is 0 Å². The van der Waals surface area contributed by atoms with Gasteiger partial charge in [0.05, 0.1) is 25.6 Å². The minimum absolute atomic E-state index is 0.0210. The molecule has 0 radical (unpaired) electrons. The lowest BCUT2D eigenvalue weighted by Gasteiger charge is -2.28. The van der Waals surface area contributed by atoms with E-state index in [9.17, 15) is 9.90 Å². The van der Waals surface area contributed by atoms with Crippen molar-refractivity contribution in [2.75, 3.05) is 18.9 Å². The number of hydrogen-bond acceptors (Lipinski definition) is 12. The minimum Gasteiger partial charge on any atom is -0.476 e. The minimum atomic E-state index is -3.38. The van der Waals surface area contributed by atoms with Gasteiger partial charge < -0.3 is 34.1 Å². The molecule has 0 saturated carbocycles. The van der Waals surface area contributed by atoms with Crippen molar-refractivity contribution in [3.05, 3.63) is 36.7 Å². The Kier molecular flexibility index (Phi) is 9.74. The largest absolute Gasteiger partial charge is 0.476 e. The zero-order valence-electron chi connectivity index (χ0n) is 23.3. The second-order valence-corrected chi connectivity index (χ2v) is 13.8. The Morgan fingerprint density at radius 2 is 2.02 bits per heavy atom. The number of ether oxygens (including phenoxy) is 3. The molecule has 6 atom stereocenters. The number of para-hydroxylation sites is 1. The summed E-state index contributed by atoms with van der Waals surface area (Å²) in [4.78, 5) is 23.9. The van der Waals surface area contributed by atoms with Crippen LogP contribution in [0.25, 0.3) is 11.2 Å². The predicted octanol–water partition coefficient (Wildman–Crippen LogP) is 3.31. The number of anilines is 1. The van der Waals surface area contributed by atoms with E-state index in [1.807, 2.05) is 13.0 Å². The van der Waals surface area contributed by atoms with Crippen molar-refractivity contribution < 1.29 is 33.2 Å². The number of nitrogens with two attached hydrogens (primary N) is 1. The molecule has 4 N–H and O–H groups in total. The van der Waals surface area contributed by atoms with E-state index >= 15 is 0 Å². The zero-order chi connectivity index (χ0) is 29.9. The van der Waals surface area contributed by atoms with E-state index in [1.165, 1.54) is 6.33 Å². The molecule has 2 aromatic heterocycles. The third-order valence-corrected chi connectivity index (χ3v) is 9.00. The number of hydrogen-bond donors (Lipinski definition) is 3. The Balaban J connectivity index is 1.56. The molecule has 1 saturated heterocycles. The molecule has 1 aromatic carbocycles. The summed E-state index contributed by atoms with van der Waals surface area (Å²) in [6.45, 7) is 5.29. The Hall–Kier alpha value is -2.58. The van der Waals surface area contributed by atoms with Crippen molar-refractivity contribution in [2.45, 2.75) is 70.1 Å². The third-order valence-electron chi connectivity index (χ3n) is 6.09. The van der Waals surface area contributed by atoms with Crippen LogP contribution >= 0.6 is 18.2 Å². The van der Waals surface area contributed by atoms with Gasteiger partial charge in [0, 0.05) is 0 Å². The molecule has 1 aliphatic rings. The number of aliphatic hydroxyl groups is 1. The number of nitrogen functional groups attached to an aromatic ring is 1. The highest BCUT2D eigenvalue weighted by molar-refractivity contribution is 8.09. The lowest BCUT2D eigenvalue weighted by Crippen LogP contribution is -2.40. The monoisotopic (exact) mass is 628 g/mol. The topological polar surface area (TPSA) is 165 Å². The summed E-state index contributed by atoms with van der Waals surface area (Å²) in [5.74, 6) is 0.124. The number of aliphatic hydroxyl groups excluding tert-OH is 1. The van der Waals surface area contributed by atoms with Gasteiger partial charge in [0.25, 0.3) is 0 Å². The van der Waals surface area contributed by atoms with Crippen LogP contribution in [0.3, 0.4) is 0 Å². The van der Waals surface area contributed by atoms with Crippen molar-refractivity contribution in [1.82, 2.24) is 24.6 Å². The first-order chi connectivity index (χ1) is 19.3. The summed E-state index contributed by atoms with van der Waals surface area (Å²) in [5.41, 5.74) is 6.59. The summed E-state index contributed by atoms with van der Waals surface area (Å²) in [6, 6.07) is 7.97. The molecule has 224 valence electrons. The van der Waals surface area contributed by atoms with Crippen molar-refractivity contribution >= 4 is 53.1 Å². The molecule has 41 heavy (non-hydrogen) atoms. The molecule has 6 unspecified atom stereocenters. The van der Waals surface area contributed by atoms with Crippen LogP contribution in [0.4, 0.5) is 5.95 Å². The number of halogens is 1. The average Bonchev–Trinajstić information content (AvgIpc) is 3.41. The van der Waals surface area contributed by atoms with Gasteiger partial charge in [-0.2, -0.15) is 9.97 Å². The Labute approximate surface area is 247 Å². The van der Waals surface area contributed by atoms with Crippen LogP contribution in [0, 0.1) is 0 Å². The highest BCUT2D eigenvalue weighted by Crippen LogP contribution is 2.49. The first-order valence-electron chi connectivity index (χ1n) is 13.0. The molecular weight excluding hydrogens is 595 g/mol. The van der Waals surface area contributed by atoms with Crippen molar-refractivity contribution in [1.29, 1.82) is 0 Å². The maximum absolute atomic E-state index is 12.5. The molecule has 1 aliphatic heterocycles. The van der Waals surface area contributed by atoms with Crippen molar-refractivity contribution in [3.8, 4) is 11.6 Å². The summed E-state index contributed by atoms with van der Waals surface area (Å²) in [5, 5.41) is 14.2. The maximum Gasteiger partial charge on any atom is 0.323 e. The van der Waals surface area contributed by atoms with Gasteiger partial charge in [-0.05, 0) is 58.6 Å². The van der Waals surface area contributed by atoms with E-state index in [4.69, 9.17) is 52.4 Å². The van der Waals surface area contributed by atoms with E-state index in [0.29, 0.717) is 23.5 Å². The molecular formula is C25H34ClN6O7PS. The summed E-state index contributed by atoms with van der Waals surface area (Å²) < 4.78 is 30.7. The van der Waals surface area contributed by atoms with Crippen LogP contribution in [0.15, 0.2) is 36.7 Å². The lowest BCUT2D eigenvalue weighted by atomic mass is 10.0. The number of esters is 1. The summed E-state index contributed by atoms with van der Waals surface area (Å²) in [7, 11) is 0. The normalized spacial score (nSPS) is 24.7. The molecule has 3 heterocycles. The SMILES string of the molecule is CCOc1nc(N)nc2c1ncn2C1OC(COP(=S)(NC(C)C(=O)OC(C)C)Oc2ccccc2)C(O)C1(C)Cl. The van der Waals surface area contributed by atoms with Crippen LogP contribution in [0.2, 0.25) is 0 Å². The van der Waals surface area contributed by atoms with Crippen LogP contribution in [-0.4, -0.2) is 73.0 Å². The maximum atomic E-state index is 12.5. The van der Waals surface area contributed by atoms with Gasteiger partial charge in [0.1, 0.15) is 28.9 Å². The van der Waals surface area contributed by atoms with Crippen LogP contribution in [0.5, 0.6) is 11.6 Å². The fraction of sp³-hybridized carbons (Fsp3) is 0.520. The summed E-state index contributed by atoms with van der Waals surface area (Å²) in [6.07, 6.45) is -1.92. The quantitative estimate of drug-likeness (QED) is 0.152. The fourth-order valence-corrected chi connectivity index (χ4v) is 6.89. The van der Waals surface area contributed by atoms with Gasteiger partial charge in [-0.25, -0.2) is 10.1 Å². The second kappa shape index (κ2) is 12.7. The van der Waals surface area contributed by atoms with E-state index in [2.05, 4.69) is 20.0 Å². The Morgan fingerprint density at radius 3 is 2.68 bits per heavy atom. The number of benzene rings is 1. The molecule has 0 bridgehead atoms. The number of aromatic nitrogens is 4. The van der Waals surface area contributed by atoms with Gasteiger partial charge in [0.15, 0.2) is 17.4 Å². The fourth-order valence-electron chi connectivity index (χ4n) is 4.17. The van der Waals surface area contributed by atoms with Gasteiger partial charge in [-0.1, -0.05) is 18.2 Å². The van der Waals surface area contributed by atoms with Crippen molar-refractivity contribution in [2.24, 2.45) is 0 Å². The molecule has 0 aliphatic carbocycles. The molecule has 3 aromatic rings. The lowest BCUT2D eigenvalue weighted by molar-refractivity contribution is -0.149. The predicted molar refractivity (Wildman–Crippen MR) is 156 cm³/mol.